The Labute approximate surface area is 258 Å². The molecule has 4 aromatic carbocycles. The van der Waals surface area contributed by atoms with E-state index in [4.69, 9.17) is 28.4 Å². The molecule has 5 rings (SSSR count). The molecule has 0 N–H and O–H groups in total. The maximum absolute atomic E-state index is 14.2. The zero-order valence-electron chi connectivity index (χ0n) is 25.5. The van der Waals surface area contributed by atoms with Crippen molar-refractivity contribution >= 4 is 10.0 Å². The van der Waals surface area contributed by atoms with Gasteiger partial charge in [0, 0.05) is 43.9 Å². The van der Waals surface area contributed by atoms with Gasteiger partial charge in [0.1, 0.15) is 12.4 Å². The fourth-order valence-electron chi connectivity index (χ4n) is 5.22. The van der Waals surface area contributed by atoms with Crippen molar-refractivity contribution in [1.29, 1.82) is 0 Å². The number of hydrogen-bond acceptors (Lipinski definition) is 8. The topological polar surface area (TPSA) is 92.8 Å². The molecule has 1 aliphatic heterocycles. The van der Waals surface area contributed by atoms with Gasteiger partial charge in [-0.15, -0.1) is 0 Å². The van der Waals surface area contributed by atoms with Gasteiger partial charge in [0.2, 0.25) is 10.0 Å². The van der Waals surface area contributed by atoms with Gasteiger partial charge in [-0.3, -0.25) is 0 Å². The van der Waals surface area contributed by atoms with Crippen molar-refractivity contribution in [3.63, 3.8) is 0 Å². The van der Waals surface area contributed by atoms with Gasteiger partial charge >= 0.3 is 0 Å². The number of para-hydroxylation sites is 1. The number of benzene rings is 4. The summed E-state index contributed by atoms with van der Waals surface area (Å²) >= 11 is 0. The van der Waals surface area contributed by atoms with Gasteiger partial charge < -0.3 is 28.4 Å². The lowest BCUT2D eigenvalue weighted by Gasteiger charge is -2.34. The van der Waals surface area contributed by atoms with E-state index in [9.17, 15) is 8.42 Å². The number of nitrogens with zero attached hydrogens (tertiary/aromatic N) is 1. The highest BCUT2D eigenvalue weighted by Gasteiger charge is 2.37. The lowest BCUT2D eigenvalue weighted by molar-refractivity contribution is -0.108. The van der Waals surface area contributed by atoms with Crippen molar-refractivity contribution in [2.24, 2.45) is 0 Å². The molecule has 1 heterocycles. The van der Waals surface area contributed by atoms with E-state index in [1.807, 2.05) is 61.5 Å². The van der Waals surface area contributed by atoms with Crippen LogP contribution in [0.4, 0.5) is 0 Å². The second-order valence-corrected chi connectivity index (χ2v) is 12.3. The molecule has 0 spiro atoms. The van der Waals surface area contributed by atoms with Crippen LogP contribution in [-0.4, -0.2) is 60.5 Å². The third-order valence-electron chi connectivity index (χ3n) is 7.65. The molecule has 10 heteroatoms. The van der Waals surface area contributed by atoms with E-state index in [2.05, 4.69) is 0 Å². The Kier molecular flexibility index (Phi) is 9.75. The molecule has 0 saturated carbocycles. The Morgan fingerprint density at radius 1 is 0.795 bits per heavy atom. The molecule has 1 atom stereocenters. The Balaban J connectivity index is 1.62. The monoisotopic (exact) mass is 619 g/mol. The third kappa shape index (κ3) is 6.53. The Morgan fingerprint density at radius 2 is 1.48 bits per heavy atom. The van der Waals surface area contributed by atoms with Crippen molar-refractivity contribution in [3.05, 3.63) is 107 Å². The fourth-order valence-corrected chi connectivity index (χ4v) is 6.66. The summed E-state index contributed by atoms with van der Waals surface area (Å²) in [6.45, 7) is 2.26. The van der Waals surface area contributed by atoms with Crippen LogP contribution >= 0.6 is 0 Å². The average molecular weight is 620 g/mol. The first-order valence-electron chi connectivity index (χ1n) is 14.1. The quantitative estimate of drug-likeness (QED) is 0.165. The summed E-state index contributed by atoms with van der Waals surface area (Å²) in [6.07, 6.45) is -0.792. The van der Waals surface area contributed by atoms with Crippen molar-refractivity contribution in [2.75, 3.05) is 41.5 Å². The van der Waals surface area contributed by atoms with Crippen LogP contribution in [0.2, 0.25) is 0 Å². The number of rotatable bonds is 13. The first-order valence-corrected chi connectivity index (χ1v) is 15.6. The maximum Gasteiger partial charge on any atom is 0.243 e. The highest BCUT2D eigenvalue weighted by Crippen LogP contribution is 2.51. The molecule has 1 aliphatic rings. The summed E-state index contributed by atoms with van der Waals surface area (Å²) in [5, 5.41) is 0. The molecule has 9 nitrogen and oxygen atoms in total. The van der Waals surface area contributed by atoms with E-state index >= 15 is 0 Å². The van der Waals surface area contributed by atoms with Crippen LogP contribution in [0.15, 0.2) is 89.8 Å². The van der Waals surface area contributed by atoms with Crippen LogP contribution in [0, 0.1) is 6.92 Å². The normalized spacial score (nSPS) is 14.1. The average Bonchev–Trinajstić information content (AvgIpc) is 3.05. The molecule has 0 fully saturated rings. The summed E-state index contributed by atoms with van der Waals surface area (Å²) in [5.74, 6) is 2.08. The van der Waals surface area contributed by atoms with Crippen LogP contribution in [0.5, 0.6) is 28.7 Å². The first-order chi connectivity index (χ1) is 21.3. The molecule has 0 bridgehead atoms. The molecule has 232 valence electrons. The number of ether oxygens (including phenoxy) is 6. The molecule has 0 amide bonds. The lowest BCUT2D eigenvalue weighted by atomic mass is 9.87. The van der Waals surface area contributed by atoms with Gasteiger partial charge in [-0.25, -0.2) is 8.42 Å². The summed E-state index contributed by atoms with van der Waals surface area (Å²) in [7, 11) is 2.10. The van der Waals surface area contributed by atoms with Crippen molar-refractivity contribution in [1.82, 2.24) is 4.31 Å². The van der Waals surface area contributed by atoms with Crippen LogP contribution in [0.3, 0.4) is 0 Å². The highest BCUT2D eigenvalue weighted by molar-refractivity contribution is 7.89. The van der Waals surface area contributed by atoms with Crippen molar-refractivity contribution in [3.8, 4) is 28.7 Å². The van der Waals surface area contributed by atoms with Gasteiger partial charge in [-0.05, 0) is 36.8 Å². The van der Waals surface area contributed by atoms with Crippen LogP contribution < -0.4 is 18.9 Å². The van der Waals surface area contributed by atoms with Gasteiger partial charge in [0.05, 0.1) is 25.7 Å². The minimum Gasteiger partial charge on any atom is -0.493 e. The van der Waals surface area contributed by atoms with E-state index in [-0.39, 0.29) is 18.0 Å². The predicted molar refractivity (Wildman–Crippen MR) is 166 cm³/mol. The van der Waals surface area contributed by atoms with Crippen molar-refractivity contribution in [2.45, 2.75) is 30.6 Å². The second kappa shape index (κ2) is 13.7. The van der Waals surface area contributed by atoms with E-state index in [1.54, 1.807) is 44.6 Å². The predicted octanol–water partition coefficient (Wildman–Crippen LogP) is 6.14. The van der Waals surface area contributed by atoms with Crippen LogP contribution in [-0.2, 0) is 26.1 Å². The third-order valence-corrected chi connectivity index (χ3v) is 9.49. The number of methoxy groups -OCH3 is 4. The number of fused-ring (bicyclic) bond motifs is 2. The molecule has 0 saturated heterocycles. The smallest absolute Gasteiger partial charge is 0.243 e. The van der Waals surface area contributed by atoms with Gasteiger partial charge in [0.15, 0.2) is 29.3 Å². The minimum absolute atomic E-state index is 0.0390. The molecule has 0 radical (unpaired) electrons. The largest absolute Gasteiger partial charge is 0.493 e. The van der Waals surface area contributed by atoms with Gasteiger partial charge in [-0.2, -0.15) is 4.31 Å². The molecule has 4 aromatic rings. The van der Waals surface area contributed by atoms with Gasteiger partial charge in [0.25, 0.3) is 0 Å². The second-order valence-electron chi connectivity index (χ2n) is 10.4. The number of sulfonamides is 1. The van der Waals surface area contributed by atoms with Gasteiger partial charge in [-0.1, -0.05) is 60.2 Å². The van der Waals surface area contributed by atoms with E-state index in [0.29, 0.717) is 35.4 Å². The zero-order valence-corrected chi connectivity index (χ0v) is 26.3. The van der Waals surface area contributed by atoms with Crippen molar-refractivity contribution < 1.29 is 36.8 Å². The first kappa shape index (κ1) is 31.3. The molecule has 44 heavy (non-hydrogen) atoms. The zero-order chi connectivity index (χ0) is 31.3. The summed E-state index contributed by atoms with van der Waals surface area (Å²) < 4.78 is 64.6. The van der Waals surface area contributed by atoms with E-state index in [1.165, 1.54) is 18.5 Å². The Bertz CT molecular complexity index is 1670. The lowest BCUT2D eigenvalue weighted by Crippen LogP contribution is -2.41. The number of hydrogen-bond donors (Lipinski definition) is 0. The SMILES string of the molecule is COc1cc2c(cc1OC)C(CN(CC(OC)OC)S(=O)(=O)c1ccc(C)cc1)c1cccc(OCc3ccccc3)c1O2. The summed E-state index contributed by atoms with van der Waals surface area (Å²) in [4.78, 5) is 0.175. The Morgan fingerprint density at radius 3 is 2.14 bits per heavy atom. The fraction of sp³-hybridized carbons (Fsp3) is 0.294. The number of aryl methyl sites for hydroxylation is 1. The van der Waals surface area contributed by atoms with E-state index < -0.39 is 22.2 Å². The van der Waals surface area contributed by atoms with E-state index in [0.717, 1.165) is 22.3 Å². The molecule has 0 aromatic heterocycles. The highest BCUT2D eigenvalue weighted by atomic mass is 32.2. The standard InChI is InChI=1S/C34H37NO8S/c1-23-14-16-25(17-15-23)44(36,37)35(21-33(40-4)41-5)20-28-26-12-9-13-29(42-22-24-10-7-6-8-11-24)34(26)43-30-19-32(39-3)31(38-2)18-27(28)30/h6-19,28,33H,20-22H2,1-5H3. The van der Waals surface area contributed by atoms with Crippen LogP contribution in [0.25, 0.3) is 0 Å². The summed E-state index contributed by atoms with van der Waals surface area (Å²) in [6, 6.07) is 25.9. The van der Waals surface area contributed by atoms with Crippen LogP contribution in [0.1, 0.15) is 28.2 Å². The molecular weight excluding hydrogens is 582 g/mol. The molecular formula is C34H37NO8S. The molecule has 1 unspecified atom stereocenters. The molecule has 0 aliphatic carbocycles. The Hall–Kier alpha value is -4.09. The summed E-state index contributed by atoms with van der Waals surface area (Å²) in [5.41, 5.74) is 3.47. The minimum atomic E-state index is -3.98. The maximum atomic E-state index is 14.2.